The summed E-state index contributed by atoms with van der Waals surface area (Å²) in [5, 5.41) is 2.52. The number of rotatable bonds is 3. The maximum Gasteiger partial charge on any atom is 0.269 e. The fourth-order valence-corrected chi connectivity index (χ4v) is 0.756. The molecular weight excluding hydrogens is 164 g/mol. The molecule has 0 rings (SSSR count). The Labute approximate surface area is 79.3 Å². The van der Waals surface area contributed by atoms with Crippen molar-refractivity contribution in [2.75, 3.05) is 7.05 Å². The molecule has 0 bridgehead atoms. The highest BCUT2D eigenvalue weighted by molar-refractivity contribution is 6.43. The van der Waals surface area contributed by atoms with Gasteiger partial charge in [-0.2, -0.15) is 0 Å². The molecule has 1 N–H and O–H groups in total. The minimum atomic E-state index is -0.191. The summed E-state index contributed by atoms with van der Waals surface area (Å²) in [6, 6.07) is 0. The summed E-state index contributed by atoms with van der Waals surface area (Å²) < 4.78 is 0. The van der Waals surface area contributed by atoms with Gasteiger partial charge >= 0.3 is 0 Å². The van der Waals surface area contributed by atoms with Gasteiger partial charge in [0.05, 0.1) is 0 Å². The Bertz CT molecular complexity index is 271. The molecule has 0 aromatic carbocycles. The van der Waals surface area contributed by atoms with Crippen LogP contribution in [-0.4, -0.2) is 18.7 Å². The van der Waals surface area contributed by atoms with Crippen molar-refractivity contribution in [1.82, 2.24) is 5.32 Å². The predicted molar refractivity (Wildman–Crippen MR) is 55.7 cm³/mol. The van der Waals surface area contributed by atoms with Gasteiger partial charge in [0.25, 0.3) is 5.91 Å². The van der Waals surface area contributed by atoms with Crippen LogP contribution in [-0.2, 0) is 4.79 Å². The first-order valence-electron chi connectivity index (χ1n) is 4.08. The number of allylic oxidation sites excluding steroid dienone is 2. The highest BCUT2D eigenvalue weighted by Crippen LogP contribution is 1.96. The Morgan fingerprint density at radius 1 is 1.38 bits per heavy atom. The molecule has 0 fully saturated rings. The van der Waals surface area contributed by atoms with Crippen LogP contribution in [0.3, 0.4) is 0 Å². The molecule has 0 heterocycles. The van der Waals surface area contributed by atoms with Crippen LogP contribution in [0, 0.1) is 0 Å². The monoisotopic (exact) mass is 180 g/mol. The molecule has 0 radical (unpaired) electrons. The van der Waals surface area contributed by atoms with Crippen molar-refractivity contribution in [2.45, 2.75) is 20.8 Å². The lowest BCUT2D eigenvalue weighted by atomic mass is 10.2. The third-order valence-electron chi connectivity index (χ3n) is 1.20. The van der Waals surface area contributed by atoms with E-state index in [1.807, 2.05) is 13.8 Å². The number of amides is 1. The summed E-state index contributed by atoms with van der Waals surface area (Å²) >= 11 is 0. The van der Waals surface area contributed by atoms with E-state index in [2.05, 4.69) is 16.9 Å². The summed E-state index contributed by atoms with van der Waals surface area (Å²) in [5.74, 6) is -0.191. The van der Waals surface area contributed by atoms with Gasteiger partial charge in [0.15, 0.2) is 0 Å². The fraction of sp³-hybridized carbons (Fsp3) is 0.400. The maximum absolute atomic E-state index is 11.3. The van der Waals surface area contributed by atoms with E-state index in [1.54, 1.807) is 20.0 Å². The highest BCUT2D eigenvalue weighted by Gasteiger charge is 2.05. The standard InChI is InChI=1S/C10H16N2O/c1-7(2)6-9(10(13)11-5)12-8(3)4/h6H,3H2,1-2,4-5H3,(H,11,13)/b12-9+. The first-order chi connectivity index (χ1) is 5.97. The first kappa shape index (κ1) is 11.6. The lowest BCUT2D eigenvalue weighted by Gasteiger charge is -2.00. The van der Waals surface area contributed by atoms with Crippen LogP contribution in [0.15, 0.2) is 28.9 Å². The van der Waals surface area contributed by atoms with Gasteiger partial charge in [-0.3, -0.25) is 4.79 Å². The van der Waals surface area contributed by atoms with Crippen LogP contribution >= 0.6 is 0 Å². The predicted octanol–water partition coefficient (Wildman–Crippen LogP) is 1.67. The number of carbonyl (C=O) groups excluding carboxylic acids is 1. The van der Waals surface area contributed by atoms with E-state index in [0.717, 1.165) is 5.57 Å². The summed E-state index contributed by atoms with van der Waals surface area (Å²) in [6.45, 7) is 9.20. The van der Waals surface area contributed by atoms with E-state index >= 15 is 0 Å². The average molecular weight is 180 g/mol. The Hall–Kier alpha value is -1.38. The number of hydrogen-bond acceptors (Lipinski definition) is 2. The van der Waals surface area contributed by atoms with Crippen LogP contribution in [0.4, 0.5) is 0 Å². The largest absolute Gasteiger partial charge is 0.354 e. The summed E-state index contributed by atoms with van der Waals surface area (Å²) in [4.78, 5) is 15.3. The number of nitrogens with zero attached hydrogens (tertiary/aromatic N) is 1. The molecule has 0 aliphatic heterocycles. The number of carbonyl (C=O) groups is 1. The zero-order valence-electron chi connectivity index (χ0n) is 8.64. The normalized spacial score (nSPS) is 10.6. The molecule has 1 amide bonds. The Morgan fingerprint density at radius 2 is 1.92 bits per heavy atom. The van der Waals surface area contributed by atoms with E-state index in [9.17, 15) is 4.79 Å². The van der Waals surface area contributed by atoms with E-state index < -0.39 is 0 Å². The molecule has 0 aromatic heterocycles. The van der Waals surface area contributed by atoms with Crippen LogP contribution < -0.4 is 5.32 Å². The molecule has 0 saturated heterocycles. The van der Waals surface area contributed by atoms with Crippen LogP contribution in [0.5, 0.6) is 0 Å². The Balaban J connectivity index is 4.87. The summed E-state index contributed by atoms with van der Waals surface area (Å²) in [5.41, 5.74) is 2.05. The molecule has 0 aliphatic carbocycles. The average Bonchev–Trinajstić information content (AvgIpc) is 2.00. The highest BCUT2D eigenvalue weighted by atomic mass is 16.1. The van der Waals surface area contributed by atoms with Gasteiger partial charge in [-0.05, 0) is 26.8 Å². The van der Waals surface area contributed by atoms with Crippen molar-refractivity contribution in [3.05, 3.63) is 23.9 Å². The van der Waals surface area contributed by atoms with Crippen molar-refractivity contribution >= 4 is 11.6 Å². The molecule has 0 saturated carbocycles. The molecular formula is C10H16N2O. The Morgan fingerprint density at radius 3 is 2.23 bits per heavy atom. The minimum Gasteiger partial charge on any atom is -0.354 e. The van der Waals surface area contributed by atoms with Crippen molar-refractivity contribution in [3.63, 3.8) is 0 Å². The second-order valence-electron chi connectivity index (χ2n) is 3.03. The quantitative estimate of drug-likeness (QED) is 0.659. The molecule has 72 valence electrons. The molecule has 3 heteroatoms. The zero-order chi connectivity index (χ0) is 10.4. The SMILES string of the molecule is C=C(C)/N=C(\C=C(C)C)C(=O)NC. The zero-order valence-corrected chi connectivity index (χ0v) is 8.64. The molecule has 13 heavy (non-hydrogen) atoms. The first-order valence-corrected chi connectivity index (χ1v) is 4.08. The molecule has 3 nitrogen and oxygen atoms in total. The topological polar surface area (TPSA) is 41.5 Å². The lowest BCUT2D eigenvalue weighted by molar-refractivity contribution is -0.114. The van der Waals surface area contributed by atoms with Gasteiger partial charge in [0.1, 0.15) is 5.71 Å². The molecule has 0 spiro atoms. The van der Waals surface area contributed by atoms with Crippen LogP contribution in [0.1, 0.15) is 20.8 Å². The third-order valence-corrected chi connectivity index (χ3v) is 1.20. The maximum atomic E-state index is 11.3. The van der Waals surface area contributed by atoms with Crippen LogP contribution in [0.25, 0.3) is 0 Å². The smallest absolute Gasteiger partial charge is 0.269 e. The van der Waals surface area contributed by atoms with Crippen LogP contribution in [0.2, 0.25) is 0 Å². The van der Waals surface area contributed by atoms with E-state index in [4.69, 9.17) is 0 Å². The van der Waals surface area contributed by atoms with Crippen molar-refractivity contribution in [2.24, 2.45) is 4.99 Å². The molecule has 0 aromatic rings. The third kappa shape index (κ3) is 4.95. The van der Waals surface area contributed by atoms with Gasteiger partial charge in [-0.1, -0.05) is 12.2 Å². The van der Waals surface area contributed by atoms with Crippen molar-refractivity contribution in [3.8, 4) is 0 Å². The summed E-state index contributed by atoms with van der Waals surface area (Å²) in [7, 11) is 1.58. The van der Waals surface area contributed by atoms with Gasteiger partial charge in [0, 0.05) is 12.7 Å². The van der Waals surface area contributed by atoms with Gasteiger partial charge in [-0.25, -0.2) is 4.99 Å². The van der Waals surface area contributed by atoms with Crippen molar-refractivity contribution < 1.29 is 4.79 Å². The minimum absolute atomic E-state index is 0.191. The van der Waals surface area contributed by atoms with Gasteiger partial charge < -0.3 is 5.32 Å². The second-order valence-corrected chi connectivity index (χ2v) is 3.03. The number of nitrogens with one attached hydrogen (secondary N) is 1. The molecule has 0 unspecified atom stereocenters. The number of hydrogen-bond donors (Lipinski definition) is 1. The molecule has 0 atom stereocenters. The van der Waals surface area contributed by atoms with E-state index in [0.29, 0.717) is 11.4 Å². The Kier molecular flexibility index (Phi) is 4.74. The van der Waals surface area contributed by atoms with Gasteiger partial charge in [0.2, 0.25) is 0 Å². The van der Waals surface area contributed by atoms with E-state index in [-0.39, 0.29) is 5.91 Å². The summed E-state index contributed by atoms with van der Waals surface area (Å²) in [6.07, 6.45) is 1.73. The second kappa shape index (κ2) is 5.30. The van der Waals surface area contributed by atoms with Crippen molar-refractivity contribution in [1.29, 1.82) is 0 Å². The van der Waals surface area contributed by atoms with E-state index in [1.165, 1.54) is 0 Å². The number of aliphatic imine (C=N–C) groups is 1. The fourth-order valence-electron chi connectivity index (χ4n) is 0.756. The molecule has 0 aliphatic rings. The lowest BCUT2D eigenvalue weighted by Crippen LogP contribution is -2.26. The van der Waals surface area contributed by atoms with Gasteiger partial charge in [-0.15, -0.1) is 0 Å².